The third kappa shape index (κ3) is 6.37. The molecule has 1 unspecified atom stereocenters. The fourth-order valence-corrected chi connectivity index (χ4v) is 2.86. The van der Waals surface area contributed by atoms with Crippen molar-refractivity contribution < 1.29 is 16.8 Å². The monoisotopic (exact) mass is 241 g/mol. The Bertz CT molecular complexity index is 353. The molecule has 0 aliphatic carbocycles. The summed E-state index contributed by atoms with van der Waals surface area (Å²) in [7, 11) is -6.08. The topological polar surface area (TPSA) is 68.3 Å². The summed E-state index contributed by atoms with van der Waals surface area (Å²) in [6.45, 7) is 3.54. The minimum Gasteiger partial charge on any atom is -0.229 e. The van der Waals surface area contributed by atoms with Gasteiger partial charge in [0.1, 0.15) is 19.7 Å². The Labute approximate surface area is 86.5 Å². The smallest absolute Gasteiger partial charge is 0.150 e. The summed E-state index contributed by atoms with van der Waals surface area (Å²) in [6, 6.07) is 0. The maximum Gasteiger partial charge on any atom is 0.150 e. The van der Waals surface area contributed by atoms with E-state index in [0.29, 0.717) is 19.3 Å². The first-order chi connectivity index (χ1) is 6.17. The van der Waals surface area contributed by atoms with Crippen molar-refractivity contribution in [1.82, 2.24) is 0 Å². The zero-order chi connectivity index (χ0) is 11.4. The van der Waals surface area contributed by atoms with Gasteiger partial charge in [0.15, 0.2) is 0 Å². The van der Waals surface area contributed by atoms with Crippen molar-refractivity contribution in [1.29, 1.82) is 0 Å². The van der Waals surface area contributed by atoms with E-state index in [-0.39, 0.29) is 5.75 Å². The zero-order valence-corrected chi connectivity index (χ0v) is 10.2. The van der Waals surface area contributed by atoms with Gasteiger partial charge in [-0.25, -0.2) is 16.8 Å². The molecule has 0 saturated carbocycles. The highest BCUT2D eigenvalue weighted by Gasteiger charge is 2.18. The molecule has 0 aromatic heterocycles. The second-order valence-corrected chi connectivity index (χ2v) is 8.10. The summed E-state index contributed by atoms with van der Waals surface area (Å²) in [5.41, 5.74) is 0. The van der Waals surface area contributed by atoms with E-state index in [9.17, 15) is 16.8 Å². The molecule has 0 saturated heterocycles. The molecule has 14 heavy (non-hydrogen) atoms. The first-order valence-electron chi connectivity index (χ1n) is 4.32. The van der Waals surface area contributed by atoms with Gasteiger partial charge in [0.05, 0.1) is 5.25 Å². The highest BCUT2D eigenvalue weighted by atomic mass is 32.2. The molecule has 0 fully saturated rings. The lowest BCUT2D eigenvalue weighted by molar-refractivity contribution is 0.570. The predicted molar refractivity (Wildman–Crippen MR) is 57.6 cm³/mol. The van der Waals surface area contributed by atoms with Crippen molar-refractivity contribution in [2.45, 2.75) is 24.5 Å². The third-order valence-corrected chi connectivity index (χ3v) is 4.68. The van der Waals surface area contributed by atoms with Crippen LogP contribution in [0.15, 0.2) is 0 Å². The molecule has 0 aromatic rings. The van der Waals surface area contributed by atoms with Crippen LogP contribution in [0, 0.1) is 6.92 Å². The molecule has 4 nitrogen and oxygen atoms in total. The van der Waals surface area contributed by atoms with E-state index in [1.54, 1.807) is 0 Å². The van der Waals surface area contributed by atoms with Gasteiger partial charge in [-0.2, -0.15) is 0 Å². The van der Waals surface area contributed by atoms with E-state index in [2.05, 4.69) is 6.92 Å². The molecule has 0 N–H and O–H groups in total. The van der Waals surface area contributed by atoms with Crippen LogP contribution >= 0.6 is 0 Å². The van der Waals surface area contributed by atoms with Crippen molar-refractivity contribution in [3.63, 3.8) is 0 Å². The lowest BCUT2D eigenvalue weighted by Gasteiger charge is -2.11. The van der Waals surface area contributed by atoms with E-state index in [0.717, 1.165) is 12.5 Å². The maximum atomic E-state index is 11.1. The molecule has 1 atom stereocenters. The molecule has 85 valence electrons. The Morgan fingerprint density at radius 3 is 1.93 bits per heavy atom. The lowest BCUT2D eigenvalue weighted by Crippen LogP contribution is -2.20. The molecule has 0 bridgehead atoms. The summed E-state index contributed by atoms with van der Waals surface area (Å²) in [5.74, 6) is 0.0407. The number of hydrogen-bond acceptors (Lipinski definition) is 4. The standard InChI is InChI=1S/C8H17O4S2/c1-4-8(14(3,11)12)6-5-7-13(2,9)10/h8H,1,4-7H2,2-3H3. The van der Waals surface area contributed by atoms with Gasteiger partial charge in [0.2, 0.25) is 0 Å². The molecule has 0 aromatic carbocycles. The van der Waals surface area contributed by atoms with Gasteiger partial charge in [-0.1, -0.05) is 6.92 Å². The largest absolute Gasteiger partial charge is 0.229 e. The van der Waals surface area contributed by atoms with Gasteiger partial charge in [0.25, 0.3) is 0 Å². The predicted octanol–water partition coefficient (Wildman–Crippen LogP) is 0.449. The first kappa shape index (κ1) is 13.9. The second kappa shape index (κ2) is 5.11. The Hall–Kier alpha value is -0.100. The van der Waals surface area contributed by atoms with Gasteiger partial charge in [-0.05, 0) is 19.3 Å². The van der Waals surface area contributed by atoms with Gasteiger partial charge in [-0.15, -0.1) is 0 Å². The Balaban J connectivity index is 4.12. The van der Waals surface area contributed by atoms with E-state index < -0.39 is 24.9 Å². The molecule has 0 spiro atoms. The van der Waals surface area contributed by atoms with Crippen LogP contribution in [-0.2, 0) is 19.7 Å². The molecule has 0 rings (SSSR count). The van der Waals surface area contributed by atoms with Crippen molar-refractivity contribution >= 4 is 19.7 Å². The maximum absolute atomic E-state index is 11.1. The molecule has 0 heterocycles. The molecule has 0 amide bonds. The van der Waals surface area contributed by atoms with Gasteiger partial charge < -0.3 is 0 Å². The van der Waals surface area contributed by atoms with E-state index in [4.69, 9.17) is 0 Å². The van der Waals surface area contributed by atoms with Crippen LogP contribution in [0.3, 0.4) is 0 Å². The van der Waals surface area contributed by atoms with Crippen LogP contribution in [-0.4, -0.2) is 40.3 Å². The minimum atomic E-state index is -3.09. The Morgan fingerprint density at radius 1 is 1.14 bits per heavy atom. The van der Waals surface area contributed by atoms with Gasteiger partial charge >= 0.3 is 0 Å². The zero-order valence-electron chi connectivity index (χ0n) is 8.56. The van der Waals surface area contributed by atoms with Gasteiger partial charge in [-0.3, -0.25) is 0 Å². The summed E-state index contributed by atoms with van der Waals surface area (Å²) in [5, 5.41) is -0.510. The lowest BCUT2D eigenvalue weighted by atomic mass is 10.2. The number of hydrogen-bond donors (Lipinski definition) is 0. The second-order valence-electron chi connectivity index (χ2n) is 3.51. The van der Waals surface area contributed by atoms with Crippen molar-refractivity contribution in [3.8, 4) is 0 Å². The Kier molecular flexibility index (Phi) is 5.08. The highest BCUT2D eigenvalue weighted by Crippen LogP contribution is 2.11. The molecule has 1 radical (unpaired) electrons. The Morgan fingerprint density at radius 2 is 1.64 bits per heavy atom. The number of rotatable bonds is 6. The molecule has 6 heteroatoms. The van der Waals surface area contributed by atoms with Crippen LogP contribution in [0.1, 0.15) is 19.3 Å². The van der Waals surface area contributed by atoms with E-state index in [1.807, 2.05) is 0 Å². The average Bonchev–Trinajstić information content (AvgIpc) is 1.93. The van der Waals surface area contributed by atoms with Crippen LogP contribution in [0.5, 0.6) is 0 Å². The van der Waals surface area contributed by atoms with Crippen molar-refractivity contribution in [2.24, 2.45) is 0 Å². The van der Waals surface area contributed by atoms with Crippen LogP contribution in [0.2, 0.25) is 0 Å². The van der Waals surface area contributed by atoms with E-state index in [1.165, 1.54) is 0 Å². The van der Waals surface area contributed by atoms with Crippen LogP contribution < -0.4 is 0 Å². The summed E-state index contributed by atoms with van der Waals surface area (Å²) in [6.07, 6.45) is 3.35. The van der Waals surface area contributed by atoms with Crippen LogP contribution in [0.25, 0.3) is 0 Å². The first-order valence-corrected chi connectivity index (χ1v) is 8.34. The molecule has 0 aliphatic heterocycles. The van der Waals surface area contributed by atoms with Crippen LogP contribution in [0.4, 0.5) is 0 Å². The quantitative estimate of drug-likeness (QED) is 0.677. The van der Waals surface area contributed by atoms with Crippen molar-refractivity contribution in [2.75, 3.05) is 18.3 Å². The average molecular weight is 241 g/mol. The molecular weight excluding hydrogens is 224 g/mol. The summed E-state index contributed by atoms with van der Waals surface area (Å²) in [4.78, 5) is 0. The normalized spacial score (nSPS) is 15.4. The summed E-state index contributed by atoms with van der Waals surface area (Å²) < 4.78 is 43.8. The molecular formula is C8H17O4S2. The highest BCUT2D eigenvalue weighted by molar-refractivity contribution is 7.91. The SMILES string of the molecule is [CH2]CC(CCCS(C)(=O)=O)S(C)(=O)=O. The number of sulfone groups is 2. The molecule has 0 aliphatic rings. The summed E-state index contributed by atoms with van der Waals surface area (Å²) >= 11 is 0. The van der Waals surface area contributed by atoms with Crippen molar-refractivity contribution in [3.05, 3.63) is 6.92 Å². The fraction of sp³-hybridized carbons (Fsp3) is 0.875. The third-order valence-electron chi connectivity index (χ3n) is 1.97. The van der Waals surface area contributed by atoms with E-state index >= 15 is 0 Å². The minimum absolute atomic E-state index is 0.0407. The van der Waals surface area contributed by atoms with Gasteiger partial charge in [0, 0.05) is 18.3 Å². The fourth-order valence-electron chi connectivity index (χ4n) is 1.15.